The Balaban J connectivity index is 0.988. The highest BCUT2D eigenvalue weighted by Crippen LogP contribution is 2.32. The molecular formula is C34H31FN6O6S. The van der Waals surface area contributed by atoms with Crippen LogP contribution in [0.1, 0.15) is 34.3 Å². The maximum Gasteiger partial charge on any atom is 0.410 e. The van der Waals surface area contributed by atoms with Gasteiger partial charge in [-0.15, -0.1) is 0 Å². The van der Waals surface area contributed by atoms with Crippen LogP contribution in [0.3, 0.4) is 0 Å². The van der Waals surface area contributed by atoms with E-state index in [4.69, 9.17) is 9.15 Å². The van der Waals surface area contributed by atoms with Gasteiger partial charge in [0.2, 0.25) is 15.9 Å². The van der Waals surface area contributed by atoms with E-state index in [-0.39, 0.29) is 48.0 Å². The van der Waals surface area contributed by atoms with Crippen molar-refractivity contribution >= 4 is 21.8 Å². The lowest BCUT2D eigenvalue weighted by molar-refractivity contribution is 0.0942. The number of sulfonamides is 1. The van der Waals surface area contributed by atoms with Crippen molar-refractivity contribution in [1.82, 2.24) is 24.2 Å². The second-order valence-corrected chi connectivity index (χ2v) is 13.4. The first kappa shape index (κ1) is 31.4. The van der Waals surface area contributed by atoms with Crippen LogP contribution in [0, 0.1) is 5.82 Å². The number of ether oxygens (including phenoxy) is 1. The predicted molar refractivity (Wildman–Crippen MR) is 171 cm³/mol. The van der Waals surface area contributed by atoms with Gasteiger partial charge in [-0.1, -0.05) is 42.5 Å². The molecule has 0 spiro atoms. The first-order valence-corrected chi connectivity index (χ1v) is 16.7. The highest BCUT2D eigenvalue weighted by molar-refractivity contribution is 7.89. The number of piperazine rings is 1. The number of anilines is 1. The number of oxazole rings is 1. The first-order valence-electron chi connectivity index (χ1n) is 15.3. The Morgan fingerprint density at radius 2 is 1.79 bits per heavy atom. The molecule has 12 nitrogen and oxygen atoms in total. The number of amides is 1. The van der Waals surface area contributed by atoms with Crippen LogP contribution in [-0.4, -0.2) is 70.0 Å². The highest BCUT2D eigenvalue weighted by Gasteiger charge is 2.33. The van der Waals surface area contributed by atoms with Crippen LogP contribution in [-0.2, 0) is 34.5 Å². The quantitative estimate of drug-likeness (QED) is 0.251. The number of benzene rings is 3. The summed E-state index contributed by atoms with van der Waals surface area (Å²) in [6, 6.07) is 20.5. The number of rotatable bonds is 8. The predicted octanol–water partition coefficient (Wildman–Crippen LogP) is 4.52. The molecule has 3 aromatic carbocycles. The van der Waals surface area contributed by atoms with Gasteiger partial charge in [0.1, 0.15) is 24.8 Å². The molecule has 1 saturated heterocycles. The minimum absolute atomic E-state index is 0.0123. The molecule has 0 radical (unpaired) electrons. The van der Waals surface area contributed by atoms with E-state index in [9.17, 15) is 22.7 Å². The minimum atomic E-state index is -4.07. The summed E-state index contributed by atoms with van der Waals surface area (Å²) in [6.45, 7) is 2.34. The van der Waals surface area contributed by atoms with E-state index in [1.165, 1.54) is 35.1 Å². The third-order valence-electron chi connectivity index (χ3n) is 8.43. The van der Waals surface area contributed by atoms with Gasteiger partial charge in [0, 0.05) is 50.2 Å². The Kier molecular flexibility index (Phi) is 8.60. The number of aromatic nitrogens is 3. The molecule has 4 heterocycles. The summed E-state index contributed by atoms with van der Waals surface area (Å²) < 4.78 is 53.5. The lowest BCUT2D eigenvalue weighted by Gasteiger charge is -2.35. The van der Waals surface area contributed by atoms with Crippen molar-refractivity contribution in [3.63, 3.8) is 0 Å². The first-order chi connectivity index (χ1) is 23.3. The van der Waals surface area contributed by atoms with Gasteiger partial charge in [-0.05, 0) is 41.5 Å². The van der Waals surface area contributed by atoms with Gasteiger partial charge in [-0.25, -0.2) is 32.6 Å². The van der Waals surface area contributed by atoms with Crippen LogP contribution < -0.4 is 4.90 Å². The molecule has 14 heteroatoms. The van der Waals surface area contributed by atoms with Crippen LogP contribution in [0.5, 0.6) is 0 Å². The molecule has 246 valence electrons. The van der Waals surface area contributed by atoms with E-state index in [2.05, 4.69) is 19.9 Å². The van der Waals surface area contributed by atoms with Crippen LogP contribution in [0.15, 0.2) is 101 Å². The third kappa shape index (κ3) is 6.37. The summed E-state index contributed by atoms with van der Waals surface area (Å²) >= 11 is 0. The molecule has 7 rings (SSSR count). The number of carbonyl (C=O) groups excluding carboxylic acids is 1. The van der Waals surface area contributed by atoms with Crippen molar-refractivity contribution in [2.75, 3.05) is 31.1 Å². The van der Waals surface area contributed by atoms with Gasteiger partial charge in [-0.3, -0.25) is 0 Å². The number of aliphatic hydroxyl groups excluding tert-OH is 1. The minimum Gasteiger partial charge on any atom is -0.445 e. The lowest BCUT2D eigenvalue weighted by Crippen LogP contribution is -2.49. The summed E-state index contributed by atoms with van der Waals surface area (Å²) in [7, 11) is -4.07. The average molecular weight is 671 g/mol. The number of carbonyl (C=O) groups is 1. The molecule has 1 amide bonds. The fourth-order valence-corrected chi connectivity index (χ4v) is 7.17. The zero-order valence-corrected chi connectivity index (χ0v) is 26.5. The molecule has 1 atom stereocenters. The maximum absolute atomic E-state index is 14.8. The second kappa shape index (κ2) is 13.1. The molecule has 1 N–H and O–H groups in total. The number of hydrogen-bond acceptors (Lipinski definition) is 10. The van der Waals surface area contributed by atoms with Crippen LogP contribution in [0.4, 0.5) is 14.9 Å². The van der Waals surface area contributed by atoms with E-state index in [0.29, 0.717) is 43.0 Å². The van der Waals surface area contributed by atoms with Crippen LogP contribution in [0.2, 0.25) is 0 Å². The molecule has 2 aliphatic rings. The fourth-order valence-electron chi connectivity index (χ4n) is 5.77. The summed E-state index contributed by atoms with van der Waals surface area (Å²) in [5, 5.41) is 11.3. The van der Waals surface area contributed by atoms with Gasteiger partial charge < -0.3 is 24.1 Å². The molecule has 5 aromatic rings. The van der Waals surface area contributed by atoms with Gasteiger partial charge in [-0.2, -0.15) is 4.31 Å². The Hall–Kier alpha value is -5.18. The van der Waals surface area contributed by atoms with E-state index in [0.717, 1.165) is 17.3 Å². The normalized spacial score (nSPS) is 15.7. The van der Waals surface area contributed by atoms with E-state index in [1.54, 1.807) is 11.0 Å². The monoisotopic (exact) mass is 670 g/mol. The summed E-state index contributed by atoms with van der Waals surface area (Å²) in [5.41, 5.74) is 3.49. The van der Waals surface area contributed by atoms with Crippen molar-refractivity contribution in [2.24, 2.45) is 0 Å². The second-order valence-electron chi connectivity index (χ2n) is 11.5. The Morgan fingerprint density at radius 3 is 2.54 bits per heavy atom. The van der Waals surface area contributed by atoms with Crippen LogP contribution >= 0.6 is 0 Å². The number of aliphatic hydroxyl groups is 1. The van der Waals surface area contributed by atoms with Crippen LogP contribution in [0.25, 0.3) is 11.5 Å². The molecule has 48 heavy (non-hydrogen) atoms. The van der Waals surface area contributed by atoms with Crippen molar-refractivity contribution in [2.45, 2.75) is 30.7 Å². The molecule has 2 aliphatic heterocycles. The van der Waals surface area contributed by atoms with E-state index in [1.807, 2.05) is 48.5 Å². The summed E-state index contributed by atoms with van der Waals surface area (Å²) in [6.07, 6.45) is 2.69. The third-order valence-corrected chi connectivity index (χ3v) is 10.2. The molecule has 0 aliphatic carbocycles. The SMILES string of the molecule is O=C(OCc1ccccc1)N1CCN(c2cccc(C(O)c3ncc4c(n3)CN(S(=O)(=O)c3ccc(-c5ncco5)c(F)c3)C4)c2)CC1. The lowest BCUT2D eigenvalue weighted by atomic mass is 10.1. The smallest absolute Gasteiger partial charge is 0.410 e. The average Bonchev–Trinajstić information content (AvgIpc) is 3.82. The van der Waals surface area contributed by atoms with Gasteiger partial charge in [0.05, 0.1) is 28.9 Å². The number of hydrogen-bond donors (Lipinski definition) is 1. The van der Waals surface area contributed by atoms with Gasteiger partial charge >= 0.3 is 6.09 Å². The largest absolute Gasteiger partial charge is 0.445 e. The van der Waals surface area contributed by atoms with Crippen molar-refractivity contribution in [1.29, 1.82) is 0 Å². The standard InChI is InChI=1S/C34H31FN6O6S/c35-29-18-27(9-10-28(29)33-36-11-16-46-33)48(44,45)41-20-25-19-37-32(38-30(25)21-41)31(42)24-7-4-8-26(17-24)39-12-14-40(15-13-39)34(43)47-22-23-5-2-1-3-6-23/h1-11,16-19,31,42H,12-15,20-22H2. The number of halogens is 1. The Bertz CT molecular complexity index is 2040. The van der Waals surface area contributed by atoms with Gasteiger partial charge in [0.15, 0.2) is 5.82 Å². The molecule has 1 unspecified atom stereocenters. The zero-order valence-electron chi connectivity index (χ0n) is 25.6. The van der Waals surface area contributed by atoms with Gasteiger partial charge in [0.25, 0.3) is 0 Å². The maximum atomic E-state index is 14.8. The molecule has 0 bridgehead atoms. The molecule has 0 saturated carbocycles. The number of fused-ring (bicyclic) bond motifs is 1. The highest BCUT2D eigenvalue weighted by atomic mass is 32.2. The summed E-state index contributed by atoms with van der Waals surface area (Å²) in [4.78, 5) is 29.0. The molecule has 2 aromatic heterocycles. The van der Waals surface area contributed by atoms with Crippen molar-refractivity contribution < 1.29 is 31.9 Å². The van der Waals surface area contributed by atoms with E-state index >= 15 is 0 Å². The van der Waals surface area contributed by atoms with Crippen molar-refractivity contribution in [3.8, 4) is 11.5 Å². The van der Waals surface area contributed by atoms with Crippen molar-refractivity contribution in [3.05, 3.63) is 125 Å². The molecular weight excluding hydrogens is 639 g/mol. The Labute approximate surface area is 276 Å². The topological polar surface area (TPSA) is 142 Å². The summed E-state index contributed by atoms with van der Waals surface area (Å²) in [5.74, 6) is -0.584. The fraction of sp³-hybridized carbons (Fsp3) is 0.235. The Morgan fingerprint density at radius 1 is 0.979 bits per heavy atom. The zero-order chi connectivity index (χ0) is 33.3. The molecule has 1 fully saturated rings. The van der Waals surface area contributed by atoms with E-state index < -0.39 is 21.9 Å². The number of nitrogens with zero attached hydrogens (tertiary/aromatic N) is 6.